The zero-order chi connectivity index (χ0) is 13.9. The van der Waals surface area contributed by atoms with Crippen molar-refractivity contribution >= 4 is 11.6 Å². The van der Waals surface area contributed by atoms with Crippen molar-refractivity contribution in [2.45, 2.75) is 44.6 Å². The number of nitrogens with two attached hydrogens (primary N) is 1. The van der Waals surface area contributed by atoms with Gasteiger partial charge in [0.25, 0.3) is 0 Å². The normalized spacial score (nSPS) is 19.7. The van der Waals surface area contributed by atoms with Crippen molar-refractivity contribution in [2.75, 3.05) is 5.32 Å². The molecular weight excluding hydrogens is 243 g/mol. The van der Waals surface area contributed by atoms with Crippen molar-refractivity contribution in [1.82, 2.24) is 0 Å². The Bertz CT molecular complexity index is 457. The number of hydrogen-bond acceptors (Lipinski definition) is 2. The van der Waals surface area contributed by atoms with Gasteiger partial charge in [-0.25, -0.2) is 4.39 Å². The fourth-order valence-electron chi connectivity index (χ4n) is 2.89. The van der Waals surface area contributed by atoms with E-state index in [1.54, 1.807) is 25.1 Å². The lowest BCUT2D eigenvalue weighted by molar-refractivity contribution is -0.123. The van der Waals surface area contributed by atoms with Gasteiger partial charge in [0.1, 0.15) is 11.4 Å². The molecule has 0 aliphatic heterocycles. The second kappa shape index (κ2) is 5.59. The van der Waals surface area contributed by atoms with E-state index in [-0.39, 0.29) is 11.7 Å². The molecule has 1 unspecified atom stereocenters. The van der Waals surface area contributed by atoms with Gasteiger partial charge in [-0.05, 0) is 37.8 Å². The average molecular weight is 264 g/mol. The first-order chi connectivity index (χ1) is 9.04. The van der Waals surface area contributed by atoms with Crippen molar-refractivity contribution in [2.24, 2.45) is 11.7 Å². The summed E-state index contributed by atoms with van der Waals surface area (Å²) in [7, 11) is 0. The van der Waals surface area contributed by atoms with Crippen molar-refractivity contribution < 1.29 is 9.18 Å². The standard InChI is InChI=1S/C15H21FN2O/c1-15(14(17)19,11-7-3-2-4-8-11)18-13-10-6-5-9-12(13)16/h5-6,9-11,18H,2-4,7-8H2,1H3,(H2,17,19). The maximum absolute atomic E-state index is 13.7. The lowest BCUT2D eigenvalue weighted by Gasteiger charge is -2.38. The summed E-state index contributed by atoms with van der Waals surface area (Å²) in [5.74, 6) is -0.605. The Kier molecular flexibility index (Phi) is 4.08. The molecule has 3 N–H and O–H groups in total. The van der Waals surface area contributed by atoms with Gasteiger partial charge in [-0.2, -0.15) is 0 Å². The Hall–Kier alpha value is -1.58. The summed E-state index contributed by atoms with van der Waals surface area (Å²) in [5, 5.41) is 3.04. The van der Waals surface area contributed by atoms with Crippen LogP contribution in [0.4, 0.5) is 10.1 Å². The van der Waals surface area contributed by atoms with E-state index < -0.39 is 11.4 Å². The highest BCUT2D eigenvalue weighted by molar-refractivity contribution is 5.88. The van der Waals surface area contributed by atoms with E-state index in [2.05, 4.69) is 5.32 Å². The zero-order valence-corrected chi connectivity index (χ0v) is 11.3. The third kappa shape index (κ3) is 2.88. The Morgan fingerprint density at radius 3 is 2.53 bits per heavy atom. The van der Waals surface area contributed by atoms with E-state index in [9.17, 15) is 9.18 Å². The number of halogens is 1. The molecule has 1 amide bonds. The molecule has 1 saturated carbocycles. The predicted octanol–water partition coefficient (Wildman–Crippen LogP) is 3.06. The average Bonchev–Trinajstić information content (AvgIpc) is 2.42. The van der Waals surface area contributed by atoms with E-state index >= 15 is 0 Å². The fraction of sp³-hybridized carbons (Fsp3) is 0.533. The molecular formula is C15H21FN2O. The summed E-state index contributed by atoms with van der Waals surface area (Å²) < 4.78 is 13.7. The highest BCUT2D eigenvalue weighted by atomic mass is 19.1. The molecule has 1 aliphatic rings. The molecule has 0 heterocycles. The number of carbonyl (C=O) groups excluding carboxylic acids is 1. The molecule has 0 spiro atoms. The van der Waals surface area contributed by atoms with Crippen LogP contribution in [-0.4, -0.2) is 11.4 Å². The Balaban J connectivity index is 2.24. The molecule has 1 fully saturated rings. The molecule has 1 aromatic carbocycles. The molecule has 3 nitrogen and oxygen atoms in total. The minimum Gasteiger partial charge on any atom is -0.369 e. The summed E-state index contributed by atoms with van der Waals surface area (Å²) in [6.07, 6.45) is 5.33. The number of para-hydroxylation sites is 1. The molecule has 104 valence electrons. The molecule has 4 heteroatoms. The highest BCUT2D eigenvalue weighted by Crippen LogP contribution is 2.35. The summed E-state index contributed by atoms with van der Waals surface area (Å²) in [6, 6.07) is 6.39. The molecule has 0 bridgehead atoms. The first kappa shape index (κ1) is 13.8. The van der Waals surface area contributed by atoms with Crippen LogP contribution in [-0.2, 0) is 4.79 Å². The number of amides is 1. The van der Waals surface area contributed by atoms with E-state index in [1.165, 1.54) is 12.5 Å². The van der Waals surface area contributed by atoms with Crippen LogP contribution in [0.2, 0.25) is 0 Å². The van der Waals surface area contributed by atoms with Crippen LogP contribution in [0.3, 0.4) is 0 Å². The van der Waals surface area contributed by atoms with Gasteiger partial charge >= 0.3 is 0 Å². The first-order valence-electron chi connectivity index (χ1n) is 6.86. The molecule has 0 radical (unpaired) electrons. The van der Waals surface area contributed by atoms with Crippen molar-refractivity contribution in [1.29, 1.82) is 0 Å². The predicted molar refractivity (Wildman–Crippen MR) is 74.2 cm³/mol. The van der Waals surface area contributed by atoms with E-state index in [0.717, 1.165) is 25.7 Å². The van der Waals surface area contributed by atoms with Gasteiger partial charge in [-0.15, -0.1) is 0 Å². The number of nitrogens with one attached hydrogen (secondary N) is 1. The van der Waals surface area contributed by atoms with Gasteiger partial charge in [-0.1, -0.05) is 31.4 Å². The summed E-state index contributed by atoms with van der Waals surface area (Å²) >= 11 is 0. The van der Waals surface area contributed by atoms with Crippen molar-refractivity contribution in [3.8, 4) is 0 Å². The van der Waals surface area contributed by atoms with Crippen LogP contribution in [0.15, 0.2) is 24.3 Å². The van der Waals surface area contributed by atoms with Crippen molar-refractivity contribution in [3.05, 3.63) is 30.1 Å². The second-order valence-corrected chi connectivity index (χ2v) is 5.51. The quantitative estimate of drug-likeness (QED) is 0.878. The van der Waals surface area contributed by atoms with Gasteiger partial charge in [0.2, 0.25) is 5.91 Å². The maximum atomic E-state index is 13.7. The van der Waals surface area contributed by atoms with E-state index in [1.807, 2.05) is 0 Å². The Morgan fingerprint density at radius 1 is 1.32 bits per heavy atom. The summed E-state index contributed by atoms with van der Waals surface area (Å²) in [4.78, 5) is 11.9. The number of primary amides is 1. The minimum absolute atomic E-state index is 0.165. The minimum atomic E-state index is -0.886. The number of benzene rings is 1. The number of hydrogen-bond donors (Lipinski definition) is 2. The van der Waals surface area contributed by atoms with Crippen LogP contribution in [0.5, 0.6) is 0 Å². The third-order valence-corrected chi connectivity index (χ3v) is 4.20. The Labute approximate surface area is 113 Å². The van der Waals surface area contributed by atoms with Crippen LogP contribution in [0.1, 0.15) is 39.0 Å². The molecule has 1 aromatic rings. The fourth-order valence-corrected chi connectivity index (χ4v) is 2.89. The molecule has 0 aromatic heterocycles. The van der Waals surface area contributed by atoms with Gasteiger partial charge < -0.3 is 11.1 Å². The number of rotatable bonds is 4. The lowest BCUT2D eigenvalue weighted by Crippen LogP contribution is -2.54. The SMILES string of the molecule is CC(Nc1ccccc1F)(C(N)=O)C1CCCCC1. The van der Waals surface area contributed by atoms with Gasteiger partial charge in [0.15, 0.2) is 0 Å². The van der Waals surface area contributed by atoms with Crippen LogP contribution in [0, 0.1) is 11.7 Å². The van der Waals surface area contributed by atoms with Gasteiger partial charge in [0, 0.05) is 0 Å². The topological polar surface area (TPSA) is 55.1 Å². The van der Waals surface area contributed by atoms with E-state index in [0.29, 0.717) is 5.69 Å². The van der Waals surface area contributed by atoms with Crippen LogP contribution >= 0.6 is 0 Å². The summed E-state index contributed by atoms with van der Waals surface area (Å²) in [5.41, 5.74) is 5.03. The highest BCUT2D eigenvalue weighted by Gasteiger charge is 2.40. The number of anilines is 1. The number of carbonyl (C=O) groups is 1. The Morgan fingerprint density at radius 2 is 1.95 bits per heavy atom. The first-order valence-corrected chi connectivity index (χ1v) is 6.86. The molecule has 1 atom stereocenters. The summed E-state index contributed by atoms with van der Waals surface area (Å²) in [6.45, 7) is 1.79. The van der Waals surface area contributed by atoms with Crippen LogP contribution < -0.4 is 11.1 Å². The molecule has 1 aliphatic carbocycles. The van der Waals surface area contributed by atoms with E-state index in [4.69, 9.17) is 5.73 Å². The molecule has 2 rings (SSSR count). The third-order valence-electron chi connectivity index (χ3n) is 4.20. The molecule has 0 saturated heterocycles. The maximum Gasteiger partial charge on any atom is 0.243 e. The van der Waals surface area contributed by atoms with Gasteiger partial charge in [-0.3, -0.25) is 4.79 Å². The van der Waals surface area contributed by atoms with Crippen LogP contribution in [0.25, 0.3) is 0 Å². The monoisotopic (exact) mass is 264 g/mol. The second-order valence-electron chi connectivity index (χ2n) is 5.51. The zero-order valence-electron chi connectivity index (χ0n) is 11.3. The van der Waals surface area contributed by atoms with Gasteiger partial charge in [0.05, 0.1) is 5.69 Å². The lowest BCUT2D eigenvalue weighted by atomic mass is 9.75. The molecule has 19 heavy (non-hydrogen) atoms. The van der Waals surface area contributed by atoms with Crippen molar-refractivity contribution in [3.63, 3.8) is 0 Å². The largest absolute Gasteiger partial charge is 0.369 e. The smallest absolute Gasteiger partial charge is 0.243 e.